The molecule has 0 bridgehead atoms. The lowest BCUT2D eigenvalue weighted by Crippen LogP contribution is -2.17. The SMILES string of the molecule is CCOc1ccc(Br)cc1S(=O)(=O)Nc1nc2ccccc2nc1Nc1ccccc1OC. The molecule has 4 aromatic rings. The Labute approximate surface area is 200 Å². The van der Waals surface area contributed by atoms with E-state index >= 15 is 0 Å². The molecule has 0 fully saturated rings. The third kappa shape index (κ3) is 5.01. The van der Waals surface area contributed by atoms with Crippen LogP contribution in [-0.4, -0.2) is 32.1 Å². The van der Waals surface area contributed by atoms with Crippen molar-refractivity contribution < 1.29 is 17.9 Å². The number of rotatable bonds is 8. The van der Waals surface area contributed by atoms with E-state index in [2.05, 4.69) is 35.9 Å². The fraction of sp³-hybridized carbons (Fsp3) is 0.130. The molecular formula is C23H21BrN4O4S. The summed E-state index contributed by atoms with van der Waals surface area (Å²) in [5.41, 5.74) is 1.76. The van der Waals surface area contributed by atoms with Crippen molar-refractivity contribution in [2.24, 2.45) is 0 Å². The van der Waals surface area contributed by atoms with E-state index in [0.717, 1.165) is 0 Å². The number of para-hydroxylation sites is 4. The minimum Gasteiger partial charge on any atom is -0.495 e. The molecule has 0 amide bonds. The van der Waals surface area contributed by atoms with Gasteiger partial charge in [0.05, 0.1) is 30.4 Å². The van der Waals surface area contributed by atoms with Crippen LogP contribution >= 0.6 is 15.9 Å². The average Bonchev–Trinajstić information content (AvgIpc) is 2.81. The van der Waals surface area contributed by atoms with Crippen molar-refractivity contribution in [1.82, 2.24) is 9.97 Å². The minimum atomic E-state index is -4.07. The molecule has 4 rings (SSSR count). The number of fused-ring (bicyclic) bond motifs is 1. The molecule has 0 unspecified atom stereocenters. The van der Waals surface area contributed by atoms with Crippen molar-refractivity contribution >= 4 is 54.3 Å². The Kier molecular flexibility index (Phi) is 6.66. The second-order valence-corrected chi connectivity index (χ2v) is 9.43. The van der Waals surface area contributed by atoms with Gasteiger partial charge in [0, 0.05) is 4.47 Å². The van der Waals surface area contributed by atoms with Crippen LogP contribution in [0.5, 0.6) is 11.5 Å². The van der Waals surface area contributed by atoms with Gasteiger partial charge in [-0.2, -0.15) is 0 Å². The van der Waals surface area contributed by atoms with Gasteiger partial charge < -0.3 is 14.8 Å². The van der Waals surface area contributed by atoms with Gasteiger partial charge in [-0.25, -0.2) is 18.4 Å². The number of nitrogens with one attached hydrogen (secondary N) is 2. The van der Waals surface area contributed by atoms with Crippen molar-refractivity contribution in [2.45, 2.75) is 11.8 Å². The lowest BCUT2D eigenvalue weighted by molar-refractivity contribution is 0.331. The standard InChI is InChI=1S/C23H21BrN4O4S/c1-3-32-20-13-12-15(24)14-21(20)33(29,30)28-23-22(25-16-8-4-5-9-17(16)26-23)27-18-10-6-7-11-19(18)31-2/h4-14H,3H2,1-2H3,(H,25,27)(H,26,28). The number of hydrogen-bond donors (Lipinski definition) is 2. The molecule has 0 radical (unpaired) electrons. The summed E-state index contributed by atoms with van der Waals surface area (Å²) in [7, 11) is -2.51. The Hall–Kier alpha value is -3.37. The first-order valence-corrected chi connectivity index (χ1v) is 12.3. The van der Waals surface area contributed by atoms with Gasteiger partial charge in [0.1, 0.15) is 16.4 Å². The smallest absolute Gasteiger partial charge is 0.266 e. The molecule has 33 heavy (non-hydrogen) atoms. The van der Waals surface area contributed by atoms with Crippen molar-refractivity contribution in [1.29, 1.82) is 0 Å². The number of nitrogens with zero attached hydrogens (tertiary/aromatic N) is 2. The first-order chi connectivity index (χ1) is 15.9. The zero-order chi connectivity index (χ0) is 23.4. The Bertz CT molecular complexity index is 1410. The maximum atomic E-state index is 13.4. The van der Waals surface area contributed by atoms with Gasteiger partial charge in [-0.15, -0.1) is 0 Å². The number of anilines is 3. The van der Waals surface area contributed by atoms with E-state index in [1.807, 2.05) is 24.3 Å². The van der Waals surface area contributed by atoms with Crippen molar-refractivity contribution in [3.63, 3.8) is 0 Å². The summed E-state index contributed by atoms with van der Waals surface area (Å²) < 4.78 is 40.9. The number of aromatic nitrogens is 2. The minimum absolute atomic E-state index is 0.0167. The van der Waals surface area contributed by atoms with Crippen molar-refractivity contribution in [3.8, 4) is 11.5 Å². The van der Waals surface area contributed by atoms with Crippen LogP contribution in [0.4, 0.5) is 17.3 Å². The third-order valence-corrected chi connectivity index (χ3v) is 6.51. The second-order valence-electron chi connectivity index (χ2n) is 6.86. The van der Waals surface area contributed by atoms with E-state index in [0.29, 0.717) is 33.5 Å². The fourth-order valence-electron chi connectivity index (χ4n) is 3.18. The Morgan fingerprint density at radius 2 is 1.58 bits per heavy atom. The molecule has 0 aliphatic carbocycles. The second kappa shape index (κ2) is 9.63. The number of benzene rings is 3. The molecule has 2 N–H and O–H groups in total. The number of methoxy groups -OCH3 is 1. The summed E-state index contributed by atoms with van der Waals surface area (Å²) in [6, 6.07) is 19.3. The van der Waals surface area contributed by atoms with Gasteiger partial charge in [0.25, 0.3) is 10.0 Å². The maximum Gasteiger partial charge on any atom is 0.266 e. The van der Waals surface area contributed by atoms with Gasteiger partial charge >= 0.3 is 0 Å². The molecule has 0 saturated carbocycles. The molecule has 170 valence electrons. The lowest BCUT2D eigenvalue weighted by Gasteiger charge is -2.16. The molecule has 0 atom stereocenters. The predicted molar refractivity (Wildman–Crippen MR) is 132 cm³/mol. The van der Waals surface area contributed by atoms with Crippen LogP contribution in [-0.2, 0) is 10.0 Å². The number of hydrogen-bond acceptors (Lipinski definition) is 7. The number of halogens is 1. The van der Waals surface area contributed by atoms with E-state index in [-0.39, 0.29) is 22.3 Å². The van der Waals surface area contributed by atoms with Crippen LogP contribution in [0.15, 0.2) is 76.1 Å². The summed E-state index contributed by atoms with van der Waals surface area (Å²) in [6.45, 7) is 2.11. The van der Waals surface area contributed by atoms with Crippen LogP contribution < -0.4 is 19.5 Å². The third-order valence-electron chi connectivity index (χ3n) is 4.66. The summed E-state index contributed by atoms with van der Waals surface area (Å²) in [5, 5.41) is 3.14. The van der Waals surface area contributed by atoms with E-state index in [9.17, 15) is 8.42 Å². The highest BCUT2D eigenvalue weighted by molar-refractivity contribution is 9.10. The fourth-order valence-corrected chi connectivity index (χ4v) is 4.88. The highest BCUT2D eigenvalue weighted by Gasteiger charge is 2.23. The Balaban J connectivity index is 1.81. The number of ether oxygens (including phenoxy) is 2. The topological polar surface area (TPSA) is 102 Å². The van der Waals surface area contributed by atoms with Crippen LogP contribution in [0.2, 0.25) is 0 Å². The highest BCUT2D eigenvalue weighted by atomic mass is 79.9. The quantitative estimate of drug-likeness (QED) is 0.318. The molecule has 0 aliphatic heterocycles. The van der Waals surface area contributed by atoms with Crippen LogP contribution in [0.25, 0.3) is 11.0 Å². The molecule has 1 aromatic heterocycles. The van der Waals surface area contributed by atoms with E-state index in [1.54, 1.807) is 50.4 Å². The van der Waals surface area contributed by atoms with E-state index < -0.39 is 10.0 Å². The normalized spacial score (nSPS) is 11.2. The van der Waals surface area contributed by atoms with Gasteiger partial charge in [-0.3, -0.25) is 4.72 Å². The molecular weight excluding hydrogens is 508 g/mol. The lowest BCUT2D eigenvalue weighted by atomic mass is 10.3. The Morgan fingerprint density at radius 1 is 0.909 bits per heavy atom. The van der Waals surface area contributed by atoms with E-state index in [4.69, 9.17) is 9.47 Å². The predicted octanol–water partition coefficient (Wildman–Crippen LogP) is 5.34. The van der Waals surface area contributed by atoms with Crippen molar-refractivity contribution in [3.05, 3.63) is 71.2 Å². The van der Waals surface area contributed by atoms with Gasteiger partial charge in [-0.05, 0) is 49.4 Å². The van der Waals surface area contributed by atoms with E-state index in [1.165, 1.54) is 6.07 Å². The summed E-state index contributed by atoms with van der Waals surface area (Å²) >= 11 is 3.33. The molecule has 0 saturated heterocycles. The molecule has 3 aromatic carbocycles. The average molecular weight is 529 g/mol. The molecule has 0 spiro atoms. The monoisotopic (exact) mass is 528 g/mol. The molecule has 8 nitrogen and oxygen atoms in total. The molecule has 10 heteroatoms. The van der Waals surface area contributed by atoms with Gasteiger partial charge in [-0.1, -0.05) is 40.2 Å². The zero-order valence-corrected chi connectivity index (χ0v) is 20.3. The van der Waals surface area contributed by atoms with Crippen molar-refractivity contribution in [2.75, 3.05) is 23.8 Å². The van der Waals surface area contributed by atoms with Crippen LogP contribution in [0.3, 0.4) is 0 Å². The maximum absolute atomic E-state index is 13.4. The largest absolute Gasteiger partial charge is 0.495 e. The summed E-state index contributed by atoms with van der Waals surface area (Å²) in [6.07, 6.45) is 0. The number of sulfonamides is 1. The molecule has 1 heterocycles. The first-order valence-electron chi connectivity index (χ1n) is 10.0. The summed E-state index contributed by atoms with van der Waals surface area (Å²) in [4.78, 5) is 9.11. The van der Waals surface area contributed by atoms with Gasteiger partial charge in [0.2, 0.25) is 0 Å². The summed E-state index contributed by atoms with van der Waals surface area (Å²) in [5.74, 6) is 1.09. The molecule has 0 aliphatic rings. The first kappa shape index (κ1) is 22.8. The van der Waals surface area contributed by atoms with Crippen LogP contribution in [0.1, 0.15) is 6.92 Å². The highest BCUT2D eigenvalue weighted by Crippen LogP contribution is 2.33. The van der Waals surface area contributed by atoms with Gasteiger partial charge in [0.15, 0.2) is 11.6 Å². The van der Waals surface area contributed by atoms with Crippen LogP contribution in [0, 0.1) is 0 Å². The zero-order valence-electron chi connectivity index (χ0n) is 17.9. The Morgan fingerprint density at radius 3 is 2.27 bits per heavy atom.